The van der Waals surface area contributed by atoms with E-state index in [1.807, 2.05) is 6.92 Å². The van der Waals surface area contributed by atoms with Gasteiger partial charge in [0, 0.05) is 17.1 Å². The van der Waals surface area contributed by atoms with Crippen molar-refractivity contribution in [2.45, 2.75) is 32.2 Å². The Morgan fingerprint density at radius 1 is 1.03 bits per heavy atom. The zero-order valence-electron chi connectivity index (χ0n) is 20.2. The SMILES string of the molecule is C/C(=C\c1cccc(CNC(=O)CN(c2cccc(Cl)c2C)S(=O)(=O)c2ccc(C)cc2)c1)C(=O)O. The van der Waals surface area contributed by atoms with Gasteiger partial charge < -0.3 is 10.4 Å². The van der Waals surface area contributed by atoms with Gasteiger partial charge >= 0.3 is 5.97 Å². The number of halogens is 1. The van der Waals surface area contributed by atoms with Crippen LogP contribution in [-0.4, -0.2) is 31.9 Å². The fraction of sp³-hybridized carbons (Fsp3) is 0.185. The summed E-state index contributed by atoms with van der Waals surface area (Å²) in [6, 6.07) is 18.4. The number of sulfonamides is 1. The summed E-state index contributed by atoms with van der Waals surface area (Å²) < 4.78 is 28.2. The first-order valence-electron chi connectivity index (χ1n) is 11.1. The minimum atomic E-state index is -4.07. The Morgan fingerprint density at radius 3 is 2.36 bits per heavy atom. The molecule has 3 aromatic carbocycles. The van der Waals surface area contributed by atoms with E-state index < -0.39 is 28.4 Å². The summed E-state index contributed by atoms with van der Waals surface area (Å²) in [7, 11) is -4.07. The Hall–Kier alpha value is -3.62. The molecule has 36 heavy (non-hydrogen) atoms. The van der Waals surface area contributed by atoms with E-state index >= 15 is 0 Å². The molecule has 9 heteroatoms. The number of hydrogen-bond acceptors (Lipinski definition) is 4. The number of rotatable bonds is 9. The van der Waals surface area contributed by atoms with Crippen LogP contribution >= 0.6 is 11.6 Å². The minimum Gasteiger partial charge on any atom is -0.478 e. The van der Waals surface area contributed by atoms with Crippen molar-refractivity contribution in [1.82, 2.24) is 5.32 Å². The lowest BCUT2D eigenvalue weighted by atomic mass is 10.1. The Bertz CT molecular complexity index is 1420. The van der Waals surface area contributed by atoms with Crippen molar-refractivity contribution in [2.75, 3.05) is 10.8 Å². The number of anilines is 1. The third-order valence-corrected chi connectivity index (χ3v) is 7.75. The van der Waals surface area contributed by atoms with Gasteiger partial charge in [-0.1, -0.05) is 53.6 Å². The van der Waals surface area contributed by atoms with Gasteiger partial charge in [-0.3, -0.25) is 9.10 Å². The molecule has 0 fully saturated rings. The van der Waals surface area contributed by atoms with Gasteiger partial charge in [0.15, 0.2) is 0 Å². The molecule has 0 aliphatic heterocycles. The highest BCUT2D eigenvalue weighted by Crippen LogP contribution is 2.30. The summed E-state index contributed by atoms with van der Waals surface area (Å²) in [4.78, 5) is 24.1. The molecule has 0 unspecified atom stereocenters. The second kappa shape index (κ2) is 11.4. The van der Waals surface area contributed by atoms with Gasteiger partial charge in [-0.25, -0.2) is 13.2 Å². The maximum Gasteiger partial charge on any atom is 0.331 e. The zero-order chi connectivity index (χ0) is 26.5. The predicted molar refractivity (Wildman–Crippen MR) is 141 cm³/mol. The van der Waals surface area contributed by atoms with E-state index in [4.69, 9.17) is 16.7 Å². The van der Waals surface area contributed by atoms with Crippen LogP contribution < -0.4 is 9.62 Å². The average molecular weight is 527 g/mol. The van der Waals surface area contributed by atoms with Crippen LogP contribution in [0.3, 0.4) is 0 Å². The van der Waals surface area contributed by atoms with Crippen molar-refractivity contribution in [3.05, 3.63) is 99.6 Å². The van der Waals surface area contributed by atoms with Crippen LogP contribution in [0.25, 0.3) is 6.08 Å². The van der Waals surface area contributed by atoms with Crippen LogP contribution in [0.5, 0.6) is 0 Å². The number of carboxylic acid groups (broad SMARTS) is 1. The number of nitrogens with zero attached hydrogens (tertiary/aromatic N) is 1. The molecule has 3 rings (SSSR count). The lowest BCUT2D eigenvalue weighted by Crippen LogP contribution is -2.41. The first kappa shape index (κ1) is 27.0. The largest absolute Gasteiger partial charge is 0.478 e. The zero-order valence-corrected chi connectivity index (χ0v) is 21.7. The summed E-state index contributed by atoms with van der Waals surface area (Å²) in [5.41, 5.74) is 3.37. The standard InChI is InChI=1S/C27H27ClN2O5S/c1-18-10-12-23(13-11-18)36(34,35)30(25-9-5-8-24(28)20(25)3)17-26(31)29-16-22-7-4-6-21(15-22)14-19(2)27(32)33/h4-15H,16-17H2,1-3H3,(H,29,31)(H,32,33)/b19-14+. The third kappa shape index (κ3) is 6.53. The van der Waals surface area contributed by atoms with Crippen molar-refractivity contribution in [2.24, 2.45) is 0 Å². The topological polar surface area (TPSA) is 104 Å². The number of aryl methyl sites for hydroxylation is 1. The molecule has 0 aliphatic rings. The molecular formula is C27H27ClN2O5S. The molecule has 3 aromatic rings. The van der Waals surface area contributed by atoms with Gasteiger partial charge in [0.2, 0.25) is 5.91 Å². The van der Waals surface area contributed by atoms with Gasteiger partial charge in [0.1, 0.15) is 6.54 Å². The number of benzene rings is 3. The van der Waals surface area contributed by atoms with Gasteiger partial charge in [-0.05, 0) is 73.9 Å². The number of carbonyl (C=O) groups is 2. The number of carboxylic acids is 1. The number of amides is 1. The fourth-order valence-electron chi connectivity index (χ4n) is 3.49. The molecule has 0 spiro atoms. The molecule has 0 atom stereocenters. The van der Waals surface area contributed by atoms with E-state index in [2.05, 4.69) is 5.32 Å². The summed E-state index contributed by atoms with van der Waals surface area (Å²) in [6.45, 7) is 4.74. The van der Waals surface area contributed by atoms with Crippen LogP contribution in [0, 0.1) is 13.8 Å². The van der Waals surface area contributed by atoms with E-state index in [-0.39, 0.29) is 17.0 Å². The molecule has 0 bridgehead atoms. The van der Waals surface area contributed by atoms with Crippen molar-refractivity contribution in [3.63, 3.8) is 0 Å². The van der Waals surface area contributed by atoms with Gasteiger partial charge in [0.05, 0.1) is 10.6 Å². The van der Waals surface area contributed by atoms with Crippen LogP contribution in [0.2, 0.25) is 5.02 Å². The maximum absolute atomic E-state index is 13.6. The van der Waals surface area contributed by atoms with Crippen LogP contribution in [0.15, 0.2) is 77.2 Å². The van der Waals surface area contributed by atoms with Crippen molar-refractivity contribution >= 4 is 45.3 Å². The summed E-state index contributed by atoms with van der Waals surface area (Å²) in [5, 5.41) is 12.2. The number of aliphatic carboxylic acids is 1. The number of carbonyl (C=O) groups excluding carboxylic acids is 1. The lowest BCUT2D eigenvalue weighted by molar-refractivity contribution is -0.132. The van der Waals surface area contributed by atoms with E-state index in [1.165, 1.54) is 25.1 Å². The summed E-state index contributed by atoms with van der Waals surface area (Å²) >= 11 is 6.26. The Morgan fingerprint density at radius 2 is 1.69 bits per heavy atom. The second-order valence-corrected chi connectivity index (χ2v) is 10.6. The summed E-state index contributed by atoms with van der Waals surface area (Å²) in [5.74, 6) is -1.52. The quantitative estimate of drug-likeness (QED) is 0.384. The molecule has 1 amide bonds. The lowest BCUT2D eigenvalue weighted by Gasteiger charge is -2.26. The normalized spacial score (nSPS) is 11.7. The summed E-state index contributed by atoms with van der Waals surface area (Å²) in [6.07, 6.45) is 1.53. The third-order valence-electron chi connectivity index (χ3n) is 5.57. The van der Waals surface area contributed by atoms with Crippen LogP contribution in [-0.2, 0) is 26.2 Å². The number of hydrogen-bond donors (Lipinski definition) is 2. The Balaban J connectivity index is 1.85. The number of nitrogens with one attached hydrogen (secondary N) is 1. The molecule has 0 saturated heterocycles. The predicted octanol–water partition coefficient (Wildman–Crippen LogP) is 4.96. The van der Waals surface area contributed by atoms with Gasteiger partial charge in [-0.15, -0.1) is 0 Å². The smallest absolute Gasteiger partial charge is 0.331 e. The van der Waals surface area contributed by atoms with Crippen molar-refractivity contribution in [3.8, 4) is 0 Å². The molecule has 0 heterocycles. The van der Waals surface area contributed by atoms with Crippen molar-refractivity contribution in [1.29, 1.82) is 0 Å². The molecule has 0 aromatic heterocycles. The molecule has 0 radical (unpaired) electrons. The Kier molecular flexibility index (Phi) is 8.55. The van der Waals surface area contributed by atoms with Crippen molar-refractivity contribution < 1.29 is 23.1 Å². The first-order valence-corrected chi connectivity index (χ1v) is 12.9. The molecule has 7 nitrogen and oxygen atoms in total. The van der Waals surface area contributed by atoms with Gasteiger partial charge in [-0.2, -0.15) is 0 Å². The minimum absolute atomic E-state index is 0.0635. The molecule has 2 N–H and O–H groups in total. The average Bonchev–Trinajstić information content (AvgIpc) is 2.83. The highest BCUT2D eigenvalue weighted by atomic mass is 35.5. The van der Waals surface area contributed by atoms with Crippen LogP contribution in [0.4, 0.5) is 5.69 Å². The molecule has 0 aliphatic carbocycles. The maximum atomic E-state index is 13.6. The van der Waals surface area contributed by atoms with E-state index in [0.717, 1.165) is 15.4 Å². The first-order chi connectivity index (χ1) is 17.0. The van der Waals surface area contributed by atoms with E-state index in [1.54, 1.807) is 61.5 Å². The monoisotopic (exact) mass is 526 g/mol. The fourth-order valence-corrected chi connectivity index (χ4v) is 5.14. The molecule has 188 valence electrons. The van der Waals surface area contributed by atoms with E-state index in [0.29, 0.717) is 21.8 Å². The Labute approximate surface area is 216 Å². The van der Waals surface area contributed by atoms with Gasteiger partial charge in [0.25, 0.3) is 10.0 Å². The van der Waals surface area contributed by atoms with E-state index in [9.17, 15) is 18.0 Å². The highest BCUT2D eigenvalue weighted by molar-refractivity contribution is 7.92. The second-order valence-electron chi connectivity index (χ2n) is 8.36. The molecule has 0 saturated carbocycles. The molecular weight excluding hydrogens is 500 g/mol. The van der Waals surface area contributed by atoms with Crippen LogP contribution in [0.1, 0.15) is 29.2 Å². The highest BCUT2D eigenvalue weighted by Gasteiger charge is 2.28.